The topological polar surface area (TPSA) is 29.0 Å². The van der Waals surface area contributed by atoms with Crippen LogP contribution in [0.5, 0.6) is 0 Å². The lowest BCUT2D eigenvalue weighted by atomic mass is 9.86. The van der Waals surface area contributed by atoms with Crippen LogP contribution in [0.1, 0.15) is 32.8 Å². The summed E-state index contributed by atoms with van der Waals surface area (Å²) in [4.78, 5) is 10.8. The average molecular weight is 254 g/mol. The lowest BCUT2D eigenvalue weighted by Gasteiger charge is -2.42. The lowest BCUT2D eigenvalue weighted by molar-refractivity contribution is 0.295. The Hall–Kier alpha value is -0.830. The second-order valence-corrected chi connectivity index (χ2v) is 5.68. The van der Waals surface area contributed by atoms with Crippen LogP contribution in [0.2, 0.25) is 5.15 Å². The van der Waals surface area contributed by atoms with Gasteiger partial charge in [-0.1, -0.05) is 25.4 Å². The van der Waals surface area contributed by atoms with Gasteiger partial charge in [0.15, 0.2) is 0 Å². The molecule has 0 aliphatic carbocycles. The Morgan fingerprint density at radius 2 is 2.00 bits per heavy atom. The van der Waals surface area contributed by atoms with E-state index in [2.05, 4.69) is 35.6 Å². The van der Waals surface area contributed by atoms with Gasteiger partial charge in [0, 0.05) is 18.2 Å². The summed E-state index contributed by atoms with van der Waals surface area (Å²) < 4.78 is 0. The van der Waals surface area contributed by atoms with Gasteiger partial charge in [0.05, 0.1) is 0 Å². The molecule has 1 aromatic rings. The lowest BCUT2D eigenvalue weighted by Crippen LogP contribution is -2.46. The van der Waals surface area contributed by atoms with E-state index < -0.39 is 0 Å². The summed E-state index contributed by atoms with van der Waals surface area (Å²) in [6.07, 6.45) is 2.84. The van der Waals surface area contributed by atoms with Crippen molar-refractivity contribution in [3.05, 3.63) is 17.0 Å². The molecule has 1 aliphatic rings. The molecule has 3 nitrogen and oxygen atoms in total. The minimum Gasteiger partial charge on any atom is -0.353 e. The molecule has 4 heteroatoms. The Labute approximate surface area is 108 Å². The van der Waals surface area contributed by atoms with E-state index in [9.17, 15) is 0 Å². The van der Waals surface area contributed by atoms with Crippen molar-refractivity contribution in [2.45, 2.75) is 40.2 Å². The predicted molar refractivity (Wildman–Crippen MR) is 71.5 cm³/mol. The van der Waals surface area contributed by atoms with E-state index in [1.54, 1.807) is 6.33 Å². The highest BCUT2D eigenvalue weighted by Crippen LogP contribution is 2.32. The molecule has 0 bridgehead atoms. The first-order valence-corrected chi connectivity index (χ1v) is 6.62. The molecule has 0 saturated carbocycles. The molecule has 0 N–H and O–H groups in total. The number of halogens is 1. The van der Waals surface area contributed by atoms with Crippen LogP contribution in [-0.4, -0.2) is 22.6 Å². The number of nitrogens with zero attached hydrogens (tertiary/aromatic N) is 3. The summed E-state index contributed by atoms with van der Waals surface area (Å²) in [5.74, 6) is 2.39. The Bertz CT molecular complexity index is 408. The summed E-state index contributed by atoms with van der Waals surface area (Å²) in [6.45, 7) is 9.93. The number of hydrogen-bond acceptors (Lipinski definition) is 3. The molecular formula is C13H20ClN3. The quantitative estimate of drug-likeness (QED) is 0.719. The highest BCUT2D eigenvalue weighted by Gasteiger charge is 2.30. The standard InChI is InChI=1S/C13H20ClN3/c1-8-5-9(2)11(4)17(6-8)13-10(3)12(14)15-7-16-13/h7-9,11H,5-6H2,1-4H3. The third kappa shape index (κ3) is 2.39. The van der Waals surface area contributed by atoms with Gasteiger partial charge in [0.1, 0.15) is 17.3 Å². The summed E-state index contributed by atoms with van der Waals surface area (Å²) >= 11 is 6.08. The van der Waals surface area contributed by atoms with Gasteiger partial charge in [-0.05, 0) is 32.1 Å². The molecule has 0 amide bonds. The van der Waals surface area contributed by atoms with Gasteiger partial charge in [-0.25, -0.2) is 9.97 Å². The molecule has 17 heavy (non-hydrogen) atoms. The molecule has 1 aliphatic heterocycles. The van der Waals surface area contributed by atoms with Crippen LogP contribution >= 0.6 is 11.6 Å². The Morgan fingerprint density at radius 3 is 2.71 bits per heavy atom. The van der Waals surface area contributed by atoms with Gasteiger partial charge in [0.25, 0.3) is 0 Å². The first kappa shape index (κ1) is 12.6. The second-order valence-electron chi connectivity index (χ2n) is 5.32. The predicted octanol–water partition coefficient (Wildman–Crippen LogP) is 3.31. The van der Waals surface area contributed by atoms with Crippen molar-refractivity contribution in [1.82, 2.24) is 9.97 Å². The van der Waals surface area contributed by atoms with Gasteiger partial charge in [0.2, 0.25) is 0 Å². The zero-order chi connectivity index (χ0) is 12.6. The van der Waals surface area contributed by atoms with E-state index in [0.29, 0.717) is 23.0 Å². The maximum Gasteiger partial charge on any atom is 0.137 e. The van der Waals surface area contributed by atoms with E-state index in [-0.39, 0.29) is 0 Å². The van der Waals surface area contributed by atoms with Gasteiger partial charge in [-0.15, -0.1) is 0 Å². The Morgan fingerprint density at radius 1 is 1.29 bits per heavy atom. The fourth-order valence-electron chi connectivity index (χ4n) is 2.70. The van der Waals surface area contributed by atoms with E-state index >= 15 is 0 Å². The van der Waals surface area contributed by atoms with Crippen molar-refractivity contribution < 1.29 is 0 Å². The fraction of sp³-hybridized carbons (Fsp3) is 0.692. The minimum atomic E-state index is 0.510. The molecule has 1 aromatic heterocycles. The highest BCUT2D eigenvalue weighted by molar-refractivity contribution is 6.30. The largest absolute Gasteiger partial charge is 0.353 e. The van der Waals surface area contributed by atoms with Crippen LogP contribution < -0.4 is 4.90 Å². The minimum absolute atomic E-state index is 0.510. The van der Waals surface area contributed by atoms with Crippen LogP contribution in [0.25, 0.3) is 0 Å². The summed E-state index contributed by atoms with van der Waals surface area (Å²) in [6, 6.07) is 0.510. The van der Waals surface area contributed by atoms with E-state index in [1.807, 2.05) is 6.92 Å². The van der Waals surface area contributed by atoms with Crippen LogP contribution in [0.3, 0.4) is 0 Å². The van der Waals surface area contributed by atoms with E-state index in [4.69, 9.17) is 11.6 Å². The summed E-state index contributed by atoms with van der Waals surface area (Å²) in [5, 5.41) is 0.563. The van der Waals surface area contributed by atoms with Crippen molar-refractivity contribution in [3.63, 3.8) is 0 Å². The number of anilines is 1. The van der Waals surface area contributed by atoms with Crippen molar-refractivity contribution in [2.75, 3.05) is 11.4 Å². The van der Waals surface area contributed by atoms with Gasteiger partial charge in [-0.2, -0.15) is 0 Å². The maximum absolute atomic E-state index is 6.08. The summed E-state index contributed by atoms with van der Waals surface area (Å²) in [5.41, 5.74) is 0.988. The van der Waals surface area contributed by atoms with Crippen LogP contribution in [0, 0.1) is 18.8 Å². The molecule has 3 atom stereocenters. The van der Waals surface area contributed by atoms with Crippen molar-refractivity contribution in [2.24, 2.45) is 11.8 Å². The molecule has 0 radical (unpaired) electrons. The Balaban J connectivity index is 2.34. The fourth-order valence-corrected chi connectivity index (χ4v) is 2.83. The smallest absolute Gasteiger partial charge is 0.137 e. The third-order valence-electron chi connectivity index (χ3n) is 3.87. The SMILES string of the molecule is Cc1c(Cl)ncnc1N1CC(C)CC(C)C1C. The average Bonchev–Trinajstić information content (AvgIpc) is 2.27. The third-order valence-corrected chi connectivity index (χ3v) is 4.25. The highest BCUT2D eigenvalue weighted by atomic mass is 35.5. The van der Waals surface area contributed by atoms with Crippen molar-refractivity contribution in [3.8, 4) is 0 Å². The number of rotatable bonds is 1. The molecule has 1 saturated heterocycles. The number of aromatic nitrogens is 2. The Kier molecular flexibility index (Phi) is 3.57. The zero-order valence-electron chi connectivity index (χ0n) is 10.9. The number of hydrogen-bond donors (Lipinski definition) is 0. The molecular weight excluding hydrogens is 234 g/mol. The van der Waals surface area contributed by atoms with Crippen molar-refractivity contribution >= 4 is 17.4 Å². The van der Waals surface area contributed by atoms with Crippen LogP contribution in [0.15, 0.2) is 6.33 Å². The first-order valence-electron chi connectivity index (χ1n) is 6.24. The first-order chi connectivity index (χ1) is 8.00. The van der Waals surface area contributed by atoms with Crippen LogP contribution in [-0.2, 0) is 0 Å². The summed E-state index contributed by atoms with van der Waals surface area (Å²) in [7, 11) is 0. The molecule has 0 aromatic carbocycles. The maximum atomic E-state index is 6.08. The molecule has 94 valence electrons. The van der Waals surface area contributed by atoms with Crippen LogP contribution in [0.4, 0.5) is 5.82 Å². The number of piperidine rings is 1. The van der Waals surface area contributed by atoms with E-state index in [0.717, 1.165) is 17.9 Å². The molecule has 3 unspecified atom stereocenters. The second kappa shape index (κ2) is 4.81. The molecule has 1 fully saturated rings. The monoisotopic (exact) mass is 253 g/mol. The van der Waals surface area contributed by atoms with Gasteiger partial charge >= 0.3 is 0 Å². The normalized spacial score (nSPS) is 29.5. The van der Waals surface area contributed by atoms with Crippen molar-refractivity contribution in [1.29, 1.82) is 0 Å². The molecule has 2 rings (SSSR count). The van der Waals surface area contributed by atoms with Gasteiger partial charge in [-0.3, -0.25) is 0 Å². The van der Waals surface area contributed by atoms with Gasteiger partial charge < -0.3 is 4.90 Å². The molecule has 2 heterocycles. The zero-order valence-corrected chi connectivity index (χ0v) is 11.7. The molecule has 0 spiro atoms. The van der Waals surface area contributed by atoms with E-state index in [1.165, 1.54) is 6.42 Å².